The van der Waals surface area contributed by atoms with E-state index in [2.05, 4.69) is 43.0 Å². The molecule has 2 nitrogen and oxygen atoms in total. The zero-order valence-electron chi connectivity index (χ0n) is 10.1. The van der Waals surface area contributed by atoms with Crippen molar-refractivity contribution in [3.05, 3.63) is 29.8 Å². The molecule has 0 radical (unpaired) electrons. The molecule has 0 spiro atoms. The minimum Gasteiger partial charge on any atom is -0.378 e. The van der Waals surface area contributed by atoms with E-state index in [1.54, 1.807) is 0 Å². The molecule has 90 valence electrons. The molecule has 0 aliphatic carbocycles. The highest BCUT2D eigenvalue weighted by molar-refractivity contribution is 6.17. The Morgan fingerprint density at radius 2 is 2.12 bits per heavy atom. The van der Waals surface area contributed by atoms with Crippen molar-refractivity contribution in [3.8, 4) is 0 Å². The third kappa shape index (κ3) is 4.42. The van der Waals surface area contributed by atoms with Gasteiger partial charge in [-0.1, -0.05) is 12.1 Å². The van der Waals surface area contributed by atoms with Crippen LogP contribution in [0.3, 0.4) is 0 Å². The first-order valence-corrected chi connectivity index (χ1v) is 6.26. The number of halogens is 1. The summed E-state index contributed by atoms with van der Waals surface area (Å²) in [6.45, 7) is 7.54. The van der Waals surface area contributed by atoms with Gasteiger partial charge >= 0.3 is 0 Å². The largest absolute Gasteiger partial charge is 0.378 e. The number of likely N-dealkylation sites (N-methyl/N-ethyl adjacent to an activating group) is 1. The van der Waals surface area contributed by atoms with Crippen LogP contribution in [0.15, 0.2) is 24.3 Å². The van der Waals surface area contributed by atoms with E-state index < -0.39 is 0 Å². The summed E-state index contributed by atoms with van der Waals surface area (Å²) in [5.41, 5.74) is 2.55. The first-order valence-electron chi connectivity index (χ1n) is 5.73. The lowest BCUT2D eigenvalue weighted by molar-refractivity contribution is 0.156. The SMILES string of the molecule is CCN(CCOCCCl)c1cccc(C)c1. The second kappa shape index (κ2) is 7.53. The van der Waals surface area contributed by atoms with Gasteiger partial charge in [-0.05, 0) is 31.5 Å². The van der Waals surface area contributed by atoms with Crippen LogP contribution >= 0.6 is 11.6 Å². The van der Waals surface area contributed by atoms with Gasteiger partial charge in [-0.15, -0.1) is 11.6 Å². The predicted octanol–water partition coefficient (Wildman–Crippen LogP) is 3.08. The molecule has 0 heterocycles. The van der Waals surface area contributed by atoms with Gasteiger partial charge in [0.2, 0.25) is 0 Å². The lowest BCUT2D eigenvalue weighted by atomic mass is 10.2. The Bertz CT molecular complexity index is 304. The van der Waals surface area contributed by atoms with Gasteiger partial charge < -0.3 is 9.64 Å². The molecule has 0 N–H and O–H groups in total. The highest BCUT2D eigenvalue weighted by Gasteiger charge is 2.03. The Morgan fingerprint density at radius 1 is 1.31 bits per heavy atom. The van der Waals surface area contributed by atoms with Crippen LogP contribution in [-0.2, 0) is 4.74 Å². The molecular formula is C13H20ClNO. The minimum atomic E-state index is 0.566. The van der Waals surface area contributed by atoms with E-state index in [9.17, 15) is 0 Å². The summed E-state index contributed by atoms with van der Waals surface area (Å²) in [5, 5.41) is 0. The fraction of sp³-hybridized carbons (Fsp3) is 0.538. The summed E-state index contributed by atoms with van der Waals surface area (Å²) in [6.07, 6.45) is 0. The molecule has 0 saturated heterocycles. The van der Waals surface area contributed by atoms with Gasteiger partial charge in [0.25, 0.3) is 0 Å². The molecule has 1 aromatic rings. The van der Waals surface area contributed by atoms with Gasteiger partial charge in [-0.3, -0.25) is 0 Å². The number of alkyl halides is 1. The van der Waals surface area contributed by atoms with E-state index >= 15 is 0 Å². The maximum absolute atomic E-state index is 5.55. The minimum absolute atomic E-state index is 0.566. The predicted molar refractivity (Wildman–Crippen MR) is 70.6 cm³/mol. The smallest absolute Gasteiger partial charge is 0.0642 e. The molecule has 0 unspecified atom stereocenters. The second-order valence-corrected chi connectivity index (χ2v) is 4.10. The van der Waals surface area contributed by atoms with Gasteiger partial charge in [-0.25, -0.2) is 0 Å². The van der Waals surface area contributed by atoms with E-state index in [1.165, 1.54) is 11.3 Å². The average molecular weight is 242 g/mol. The maximum atomic E-state index is 5.55. The molecule has 0 atom stereocenters. The summed E-state index contributed by atoms with van der Waals surface area (Å²) in [7, 11) is 0. The standard InChI is InChI=1S/C13H20ClNO/c1-3-15(8-10-16-9-7-14)13-6-4-5-12(2)11-13/h4-6,11H,3,7-10H2,1-2H3. The molecule has 3 heteroatoms. The topological polar surface area (TPSA) is 12.5 Å². The zero-order chi connectivity index (χ0) is 11.8. The lowest BCUT2D eigenvalue weighted by Crippen LogP contribution is -2.27. The van der Waals surface area contributed by atoms with Gasteiger partial charge in [0, 0.05) is 24.7 Å². The van der Waals surface area contributed by atoms with Crippen molar-refractivity contribution in [2.45, 2.75) is 13.8 Å². The fourth-order valence-corrected chi connectivity index (χ4v) is 1.73. The number of anilines is 1. The quantitative estimate of drug-likeness (QED) is 0.537. The van der Waals surface area contributed by atoms with Crippen LogP contribution in [0.2, 0.25) is 0 Å². The van der Waals surface area contributed by atoms with E-state index in [0.717, 1.165) is 19.7 Å². The van der Waals surface area contributed by atoms with Crippen LogP contribution in [0.5, 0.6) is 0 Å². The van der Waals surface area contributed by atoms with Gasteiger partial charge in [-0.2, -0.15) is 0 Å². The van der Waals surface area contributed by atoms with Crippen LogP contribution < -0.4 is 4.90 Å². The van der Waals surface area contributed by atoms with Crippen molar-refractivity contribution in [2.24, 2.45) is 0 Å². The Kier molecular flexibility index (Phi) is 6.27. The van der Waals surface area contributed by atoms with Crippen molar-refractivity contribution < 1.29 is 4.74 Å². The van der Waals surface area contributed by atoms with Crippen molar-refractivity contribution >= 4 is 17.3 Å². The number of rotatable bonds is 7. The number of ether oxygens (including phenoxy) is 1. The number of hydrogen-bond acceptors (Lipinski definition) is 2. The molecule has 0 aliphatic heterocycles. The van der Waals surface area contributed by atoms with Gasteiger partial charge in [0.15, 0.2) is 0 Å². The Hall–Kier alpha value is -0.730. The van der Waals surface area contributed by atoms with Crippen molar-refractivity contribution in [1.82, 2.24) is 0 Å². The van der Waals surface area contributed by atoms with Crippen LogP contribution in [0.4, 0.5) is 5.69 Å². The average Bonchev–Trinajstić information content (AvgIpc) is 2.29. The highest BCUT2D eigenvalue weighted by Crippen LogP contribution is 2.15. The molecule has 16 heavy (non-hydrogen) atoms. The molecular weight excluding hydrogens is 222 g/mol. The summed E-state index contributed by atoms with van der Waals surface area (Å²) >= 11 is 5.55. The molecule has 0 fully saturated rings. The number of aryl methyl sites for hydroxylation is 1. The van der Waals surface area contributed by atoms with E-state index in [-0.39, 0.29) is 0 Å². The first kappa shape index (κ1) is 13.3. The first-order chi connectivity index (χ1) is 7.77. The molecule has 0 aliphatic rings. The summed E-state index contributed by atoms with van der Waals surface area (Å²) in [5.74, 6) is 0.566. The van der Waals surface area contributed by atoms with Crippen LogP contribution in [0, 0.1) is 6.92 Å². The molecule has 1 aromatic carbocycles. The highest BCUT2D eigenvalue weighted by atomic mass is 35.5. The van der Waals surface area contributed by atoms with Gasteiger partial charge in [0.05, 0.1) is 13.2 Å². The molecule has 1 rings (SSSR count). The number of nitrogens with zero attached hydrogens (tertiary/aromatic N) is 1. The number of hydrogen-bond donors (Lipinski definition) is 0. The van der Waals surface area contributed by atoms with Crippen molar-refractivity contribution in [1.29, 1.82) is 0 Å². The third-order valence-electron chi connectivity index (χ3n) is 2.48. The van der Waals surface area contributed by atoms with E-state index in [1.807, 2.05) is 0 Å². The second-order valence-electron chi connectivity index (χ2n) is 3.72. The van der Waals surface area contributed by atoms with E-state index in [0.29, 0.717) is 12.5 Å². The number of benzene rings is 1. The molecule has 0 saturated carbocycles. The Balaban J connectivity index is 2.47. The normalized spacial score (nSPS) is 10.4. The van der Waals surface area contributed by atoms with Crippen LogP contribution in [-0.4, -0.2) is 32.2 Å². The Labute approximate surface area is 103 Å². The molecule has 0 amide bonds. The van der Waals surface area contributed by atoms with Crippen molar-refractivity contribution in [2.75, 3.05) is 37.1 Å². The Morgan fingerprint density at radius 3 is 2.75 bits per heavy atom. The lowest BCUT2D eigenvalue weighted by Gasteiger charge is -2.23. The summed E-state index contributed by atoms with van der Waals surface area (Å²) in [4.78, 5) is 2.31. The molecule has 0 bridgehead atoms. The van der Waals surface area contributed by atoms with E-state index in [4.69, 9.17) is 16.3 Å². The zero-order valence-corrected chi connectivity index (χ0v) is 10.8. The third-order valence-corrected chi connectivity index (χ3v) is 2.63. The maximum Gasteiger partial charge on any atom is 0.0642 e. The monoisotopic (exact) mass is 241 g/mol. The summed E-state index contributed by atoms with van der Waals surface area (Å²) < 4.78 is 5.39. The fourth-order valence-electron chi connectivity index (χ4n) is 1.63. The summed E-state index contributed by atoms with van der Waals surface area (Å²) in [6, 6.07) is 8.54. The van der Waals surface area contributed by atoms with Crippen molar-refractivity contribution in [3.63, 3.8) is 0 Å². The van der Waals surface area contributed by atoms with Gasteiger partial charge in [0.1, 0.15) is 0 Å². The molecule has 0 aromatic heterocycles. The van der Waals surface area contributed by atoms with Crippen LogP contribution in [0.1, 0.15) is 12.5 Å². The van der Waals surface area contributed by atoms with Crippen LogP contribution in [0.25, 0.3) is 0 Å².